The fourth-order valence-corrected chi connectivity index (χ4v) is 4.90. The van der Waals surface area contributed by atoms with Crippen LogP contribution < -0.4 is 0 Å². The maximum atomic E-state index is 12.0. The largest absolute Gasteiger partial charge is 0.281 e. The summed E-state index contributed by atoms with van der Waals surface area (Å²) in [6.07, 6.45) is 3.59. The van der Waals surface area contributed by atoms with Crippen molar-refractivity contribution in [3.05, 3.63) is 11.9 Å². The van der Waals surface area contributed by atoms with Crippen LogP contribution in [0.4, 0.5) is 0 Å². The van der Waals surface area contributed by atoms with Crippen LogP contribution in [0.1, 0.15) is 31.4 Å². The fourth-order valence-electron chi connectivity index (χ4n) is 2.48. The van der Waals surface area contributed by atoms with Crippen LogP contribution in [0.5, 0.6) is 0 Å². The summed E-state index contributed by atoms with van der Waals surface area (Å²) >= 11 is 0. The summed E-state index contributed by atoms with van der Waals surface area (Å²) in [7, 11) is -6.59. The van der Waals surface area contributed by atoms with E-state index in [1.54, 1.807) is 0 Å². The van der Waals surface area contributed by atoms with Gasteiger partial charge in [-0.3, -0.25) is 5.10 Å². The molecule has 1 atom stereocenters. The molecule has 0 radical (unpaired) electrons. The number of sulfone groups is 1. The van der Waals surface area contributed by atoms with Crippen molar-refractivity contribution in [2.45, 2.75) is 30.6 Å². The second-order valence-electron chi connectivity index (χ2n) is 5.08. The maximum absolute atomic E-state index is 12.0. The number of sulfonamides is 1. The van der Waals surface area contributed by atoms with E-state index in [-0.39, 0.29) is 16.6 Å². The molecule has 9 heteroatoms. The van der Waals surface area contributed by atoms with Gasteiger partial charge in [-0.25, -0.2) is 21.1 Å². The van der Waals surface area contributed by atoms with Gasteiger partial charge in [0.1, 0.15) is 4.90 Å². The molecule has 1 saturated heterocycles. The topological polar surface area (TPSA) is 100 Å². The zero-order valence-electron chi connectivity index (χ0n) is 11.5. The molecule has 1 N–H and O–H groups in total. The Kier molecular flexibility index (Phi) is 4.22. The Labute approximate surface area is 119 Å². The van der Waals surface area contributed by atoms with E-state index in [1.807, 2.05) is 6.92 Å². The highest BCUT2D eigenvalue weighted by atomic mass is 32.2. The van der Waals surface area contributed by atoms with E-state index in [1.165, 1.54) is 10.5 Å². The monoisotopic (exact) mass is 321 g/mol. The Bertz CT molecular complexity index is 678. The third-order valence-electron chi connectivity index (χ3n) is 3.45. The zero-order chi connectivity index (χ0) is 15.0. The van der Waals surface area contributed by atoms with E-state index >= 15 is 0 Å². The zero-order valence-corrected chi connectivity index (χ0v) is 13.2. The highest BCUT2D eigenvalue weighted by Crippen LogP contribution is 2.31. The summed E-state index contributed by atoms with van der Waals surface area (Å²) in [5, 5.41) is 6.49. The predicted octanol–water partition coefficient (Wildman–Crippen LogP) is 0.342. The van der Waals surface area contributed by atoms with Crippen LogP contribution >= 0.6 is 0 Å². The maximum Gasteiger partial charge on any atom is 0.214 e. The van der Waals surface area contributed by atoms with Gasteiger partial charge in [0.25, 0.3) is 0 Å². The summed E-state index contributed by atoms with van der Waals surface area (Å²) in [5.74, 6) is -0.0180. The summed E-state index contributed by atoms with van der Waals surface area (Å²) in [5.41, 5.74) is 0.515. The Hall–Kier alpha value is -0.930. The number of nitrogens with zero attached hydrogens (tertiary/aromatic N) is 2. The molecule has 0 amide bonds. The minimum Gasteiger partial charge on any atom is -0.281 e. The average Bonchev–Trinajstić information content (AvgIpc) is 2.97. The van der Waals surface area contributed by atoms with Gasteiger partial charge in [-0.2, -0.15) is 5.10 Å². The molecule has 1 fully saturated rings. The molecule has 1 aromatic rings. The Balaban J connectivity index is 2.21. The Morgan fingerprint density at radius 2 is 2.10 bits per heavy atom. The third-order valence-corrected chi connectivity index (χ3v) is 6.61. The summed E-state index contributed by atoms with van der Waals surface area (Å²) in [6, 6.07) is 0. The molecule has 1 aromatic heterocycles. The van der Waals surface area contributed by atoms with Crippen LogP contribution in [0.2, 0.25) is 0 Å². The smallest absolute Gasteiger partial charge is 0.214 e. The number of hydrogen-bond acceptors (Lipinski definition) is 5. The second-order valence-corrected chi connectivity index (χ2v) is 9.15. The lowest BCUT2D eigenvalue weighted by Gasteiger charge is -2.15. The predicted molar refractivity (Wildman–Crippen MR) is 74.7 cm³/mol. The fraction of sp³-hybridized carbons (Fsp3) is 0.727. The first-order valence-corrected chi connectivity index (χ1v) is 9.97. The third kappa shape index (κ3) is 3.04. The van der Waals surface area contributed by atoms with Crippen molar-refractivity contribution < 1.29 is 16.8 Å². The van der Waals surface area contributed by atoms with Gasteiger partial charge in [-0.1, -0.05) is 6.92 Å². The first kappa shape index (κ1) is 15.5. The lowest BCUT2D eigenvalue weighted by Crippen LogP contribution is -2.30. The van der Waals surface area contributed by atoms with Gasteiger partial charge >= 0.3 is 0 Å². The first-order chi connectivity index (χ1) is 9.25. The van der Waals surface area contributed by atoms with Crippen molar-refractivity contribution in [2.75, 3.05) is 25.1 Å². The van der Waals surface area contributed by atoms with Crippen LogP contribution in [-0.4, -0.2) is 56.4 Å². The molecule has 0 saturated carbocycles. The normalized spacial score (nSPS) is 21.4. The van der Waals surface area contributed by atoms with Gasteiger partial charge in [-0.05, 0) is 12.8 Å². The van der Waals surface area contributed by atoms with E-state index in [9.17, 15) is 16.8 Å². The summed E-state index contributed by atoms with van der Waals surface area (Å²) < 4.78 is 48.8. The molecule has 0 aliphatic carbocycles. The standard InChI is InChI=1S/C11H19N3O4S2/c1-3-6-20(17,18)14-5-4-9(8-14)11-10(7-12-13-11)19(2,15)16/h7,9H,3-6,8H2,1-2H3,(H,12,13). The van der Waals surface area contributed by atoms with Gasteiger partial charge in [0.05, 0.1) is 17.6 Å². The van der Waals surface area contributed by atoms with E-state index in [0.29, 0.717) is 31.6 Å². The van der Waals surface area contributed by atoms with Crippen molar-refractivity contribution in [1.82, 2.24) is 14.5 Å². The Morgan fingerprint density at radius 3 is 2.70 bits per heavy atom. The highest BCUT2D eigenvalue weighted by molar-refractivity contribution is 7.90. The molecule has 114 valence electrons. The van der Waals surface area contributed by atoms with E-state index in [2.05, 4.69) is 10.2 Å². The van der Waals surface area contributed by atoms with Gasteiger partial charge in [0.15, 0.2) is 9.84 Å². The highest BCUT2D eigenvalue weighted by Gasteiger charge is 2.34. The van der Waals surface area contributed by atoms with Crippen molar-refractivity contribution in [3.8, 4) is 0 Å². The van der Waals surface area contributed by atoms with Crippen LogP contribution in [0.15, 0.2) is 11.1 Å². The number of nitrogens with one attached hydrogen (secondary N) is 1. The molecule has 1 unspecified atom stereocenters. The van der Waals surface area contributed by atoms with Gasteiger partial charge < -0.3 is 0 Å². The lowest BCUT2D eigenvalue weighted by molar-refractivity contribution is 0.471. The summed E-state index contributed by atoms with van der Waals surface area (Å²) in [6.45, 7) is 2.56. The Morgan fingerprint density at radius 1 is 1.40 bits per heavy atom. The van der Waals surface area contributed by atoms with Crippen LogP contribution in [0.3, 0.4) is 0 Å². The van der Waals surface area contributed by atoms with Crippen molar-refractivity contribution >= 4 is 19.9 Å². The van der Waals surface area contributed by atoms with Crippen LogP contribution in [-0.2, 0) is 19.9 Å². The van der Waals surface area contributed by atoms with E-state index < -0.39 is 19.9 Å². The molecular weight excluding hydrogens is 302 g/mol. The number of H-pyrrole nitrogens is 1. The van der Waals surface area contributed by atoms with Crippen molar-refractivity contribution in [2.24, 2.45) is 0 Å². The molecule has 20 heavy (non-hydrogen) atoms. The number of aromatic amines is 1. The SMILES string of the molecule is CCCS(=O)(=O)N1CCC(c2[nH]ncc2S(C)(=O)=O)C1. The molecule has 0 bridgehead atoms. The molecule has 1 aliphatic rings. The summed E-state index contributed by atoms with van der Waals surface area (Å²) in [4.78, 5) is 0.164. The van der Waals surface area contributed by atoms with Crippen LogP contribution in [0, 0.1) is 0 Å². The number of aromatic nitrogens is 2. The van der Waals surface area contributed by atoms with Crippen LogP contribution in [0.25, 0.3) is 0 Å². The molecular formula is C11H19N3O4S2. The molecule has 0 aromatic carbocycles. The quantitative estimate of drug-likeness (QED) is 0.843. The lowest BCUT2D eigenvalue weighted by atomic mass is 10.1. The molecule has 2 heterocycles. The van der Waals surface area contributed by atoms with Gasteiger partial charge in [-0.15, -0.1) is 0 Å². The molecule has 7 nitrogen and oxygen atoms in total. The average molecular weight is 321 g/mol. The van der Waals surface area contributed by atoms with E-state index in [0.717, 1.165) is 6.26 Å². The minimum absolute atomic E-state index is 0.127. The molecule has 1 aliphatic heterocycles. The van der Waals surface area contributed by atoms with Crippen molar-refractivity contribution in [3.63, 3.8) is 0 Å². The number of hydrogen-bond donors (Lipinski definition) is 1. The van der Waals surface area contributed by atoms with Gasteiger partial charge in [0.2, 0.25) is 10.0 Å². The van der Waals surface area contributed by atoms with E-state index in [4.69, 9.17) is 0 Å². The second kappa shape index (κ2) is 5.45. The van der Waals surface area contributed by atoms with Crippen molar-refractivity contribution in [1.29, 1.82) is 0 Å². The van der Waals surface area contributed by atoms with Gasteiger partial charge in [0, 0.05) is 25.3 Å². The number of rotatable bonds is 5. The molecule has 0 spiro atoms. The minimum atomic E-state index is -3.35. The first-order valence-electron chi connectivity index (χ1n) is 6.47. The molecule has 2 rings (SSSR count).